The second-order valence-corrected chi connectivity index (χ2v) is 7.30. The number of benzene rings is 2. The van der Waals surface area contributed by atoms with E-state index in [-0.39, 0.29) is 30.5 Å². The van der Waals surface area contributed by atoms with E-state index in [1.807, 2.05) is 17.5 Å². The molecule has 5 nitrogen and oxygen atoms in total. The fraction of sp³-hybridized carbons (Fsp3) is 0.150. The Labute approximate surface area is 163 Å². The predicted octanol–water partition coefficient (Wildman–Crippen LogP) is 4.08. The smallest absolute Gasteiger partial charge is 0.229 e. The lowest BCUT2D eigenvalue weighted by Crippen LogP contribution is -2.28. The number of carbonyl (C=O) groups excluding carboxylic acids is 2. The summed E-state index contributed by atoms with van der Waals surface area (Å²) in [5, 5.41) is 5.56. The number of amides is 2. The van der Waals surface area contributed by atoms with Gasteiger partial charge in [0.1, 0.15) is 16.6 Å². The average Bonchev–Trinajstić information content (AvgIpc) is 3.33. The Balaban J connectivity index is 1.43. The largest absolute Gasteiger partial charge is 0.326 e. The van der Waals surface area contributed by atoms with Gasteiger partial charge < -0.3 is 10.2 Å². The van der Waals surface area contributed by atoms with Crippen molar-refractivity contribution in [2.24, 2.45) is 5.92 Å². The van der Waals surface area contributed by atoms with Gasteiger partial charge in [-0.3, -0.25) is 9.59 Å². The Morgan fingerprint density at radius 2 is 1.96 bits per heavy atom. The molecule has 3 aromatic rings. The molecule has 2 aromatic carbocycles. The summed E-state index contributed by atoms with van der Waals surface area (Å²) >= 11 is 1.52. The van der Waals surface area contributed by atoms with Crippen LogP contribution in [0.4, 0.5) is 20.2 Å². The lowest BCUT2D eigenvalue weighted by Gasteiger charge is -2.17. The number of nitrogens with zero attached hydrogens (tertiary/aromatic N) is 2. The molecule has 28 heavy (non-hydrogen) atoms. The van der Waals surface area contributed by atoms with Crippen molar-refractivity contribution in [3.05, 3.63) is 65.7 Å². The maximum absolute atomic E-state index is 14.0. The number of halogens is 2. The predicted molar refractivity (Wildman–Crippen MR) is 103 cm³/mol. The van der Waals surface area contributed by atoms with Crippen LogP contribution in [0.3, 0.4) is 0 Å². The van der Waals surface area contributed by atoms with Gasteiger partial charge in [-0.05, 0) is 36.4 Å². The third kappa shape index (κ3) is 3.63. The van der Waals surface area contributed by atoms with Gasteiger partial charge in [-0.25, -0.2) is 13.8 Å². The van der Waals surface area contributed by atoms with Gasteiger partial charge in [0, 0.05) is 41.9 Å². The van der Waals surface area contributed by atoms with Gasteiger partial charge in [-0.15, -0.1) is 11.3 Å². The summed E-state index contributed by atoms with van der Waals surface area (Å²) in [6.45, 7) is 0.0460. The molecule has 4 rings (SSSR count). The van der Waals surface area contributed by atoms with E-state index in [2.05, 4.69) is 10.3 Å². The summed E-state index contributed by atoms with van der Waals surface area (Å²) in [6.07, 6.45) is 1.70. The number of rotatable bonds is 4. The van der Waals surface area contributed by atoms with E-state index in [4.69, 9.17) is 0 Å². The number of hydrogen-bond donors (Lipinski definition) is 1. The zero-order valence-corrected chi connectivity index (χ0v) is 15.4. The minimum absolute atomic E-state index is 0.0190. The van der Waals surface area contributed by atoms with E-state index >= 15 is 0 Å². The highest BCUT2D eigenvalue weighted by Crippen LogP contribution is 2.29. The second-order valence-electron chi connectivity index (χ2n) is 6.40. The maximum atomic E-state index is 14.0. The molecule has 0 aliphatic carbocycles. The topological polar surface area (TPSA) is 62.3 Å². The molecule has 1 saturated heterocycles. The molecule has 1 N–H and O–H groups in total. The lowest BCUT2D eigenvalue weighted by atomic mass is 10.1. The third-order valence-corrected chi connectivity index (χ3v) is 5.35. The van der Waals surface area contributed by atoms with Crippen LogP contribution < -0.4 is 10.2 Å². The van der Waals surface area contributed by atoms with Crippen LogP contribution in [0.15, 0.2) is 54.0 Å². The van der Waals surface area contributed by atoms with Crippen molar-refractivity contribution in [1.82, 2.24) is 4.98 Å². The van der Waals surface area contributed by atoms with E-state index in [1.165, 1.54) is 22.3 Å². The van der Waals surface area contributed by atoms with Crippen LogP contribution in [0.25, 0.3) is 10.6 Å². The SMILES string of the molecule is O=C(Nc1ccc(-c2nccs2)cc1)C1CC(=O)N(c2ccc(F)cc2F)C1. The maximum Gasteiger partial charge on any atom is 0.229 e. The number of hydrogen-bond acceptors (Lipinski definition) is 4. The number of anilines is 2. The second kappa shape index (κ2) is 7.47. The fourth-order valence-electron chi connectivity index (χ4n) is 3.12. The van der Waals surface area contributed by atoms with E-state index in [9.17, 15) is 18.4 Å². The molecule has 0 spiro atoms. The Morgan fingerprint density at radius 1 is 1.18 bits per heavy atom. The van der Waals surface area contributed by atoms with Crippen molar-refractivity contribution in [3.8, 4) is 10.6 Å². The molecule has 0 radical (unpaired) electrons. The summed E-state index contributed by atoms with van der Waals surface area (Å²) < 4.78 is 27.1. The monoisotopic (exact) mass is 399 g/mol. The van der Waals surface area contributed by atoms with Crippen LogP contribution >= 0.6 is 11.3 Å². The van der Waals surface area contributed by atoms with Crippen LogP contribution in [0.1, 0.15) is 6.42 Å². The normalized spacial score (nSPS) is 16.4. The highest BCUT2D eigenvalue weighted by atomic mass is 32.1. The zero-order chi connectivity index (χ0) is 19.7. The summed E-state index contributed by atoms with van der Waals surface area (Å²) in [6, 6.07) is 10.3. The fourth-order valence-corrected chi connectivity index (χ4v) is 3.77. The Kier molecular flexibility index (Phi) is 4.87. The van der Waals surface area contributed by atoms with Gasteiger partial charge in [-0.2, -0.15) is 0 Å². The molecule has 2 amide bonds. The van der Waals surface area contributed by atoms with E-state index < -0.39 is 17.6 Å². The van der Waals surface area contributed by atoms with Crippen LogP contribution in [-0.2, 0) is 9.59 Å². The summed E-state index contributed by atoms with van der Waals surface area (Å²) in [5.74, 6) is -2.85. The van der Waals surface area contributed by atoms with E-state index in [1.54, 1.807) is 18.3 Å². The summed E-state index contributed by atoms with van der Waals surface area (Å²) in [7, 11) is 0. The molecular weight excluding hydrogens is 384 g/mol. The first-order valence-corrected chi connectivity index (χ1v) is 9.45. The lowest BCUT2D eigenvalue weighted by molar-refractivity contribution is -0.122. The molecule has 0 saturated carbocycles. The van der Waals surface area contributed by atoms with Crippen molar-refractivity contribution in [2.45, 2.75) is 6.42 Å². The molecule has 1 fully saturated rings. The number of carbonyl (C=O) groups is 2. The summed E-state index contributed by atoms with van der Waals surface area (Å²) in [4.78, 5) is 30.2. The molecule has 0 bridgehead atoms. The van der Waals surface area contributed by atoms with E-state index in [0.29, 0.717) is 5.69 Å². The van der Waals surface area contributed by atoms with Crippen LogP contribution in [0.2, 0.25) is 0 Å². The molecule has 1 aliphatic heterocycles. The van der Waals surface area contributed by atoms with Crippen molar-refractivity contribution >= 4 is 34.5 Å². The van der Waals surface area contributed by atoms with Gasteiger partial charge in [0.15, 0.2) is 0 Å². The van der Waals surface area contributed by atoms with Gasteiger partial charge in [-0.1, -0.05) is 0 Å². The highest BCUT2D eigenvalue weighted by Gasteiger charge is 2.36. The third-order valence-electron chi connectivity index (χ3n) is 4.53. The first-order valence-electron chi connectivity index (χ1n) is 8.57. The average molecular weight is 399 g/mol. The standard InChI is InChI=1S/C20H15F2N3O2S/c21-14-3-6-17(16(22)10-14)25-11-13(9-18(25)26)19(27)24-15-4-1-12(2-5-15)20-23-7-8-28-20/h1-8,10,13H,9,11H2,(H,24,27). The number of aromatic nitrogens is 1. The van der Waals surface area contributed by atoms with Crippen molar-refractivity contribution in [2.75, 3.05) is 16.8 Å². The quantitative estimate of drug-likeness (QED) is 0.719. The van der Waals surface area contributed by atoms with Gasteiger partial charge in [0.05, 0.1) is 11.6 Å². The molecule has 1 aliphatic rings. The van der Waals surface area contributed by atoms with Gasteiger partial charge in [0.25, 0.3) is 0 Å². The number of thiazole rings is 1. The van der Waals surface area contributed by atoms with E-state index in [0.717, 1.165) is 22.7 Å². The van der Waals surface area contributed by atoms with Crippen molar-refractivity contribution in [3.63, 3.8) is 0 Å². The molecule has 142 valence electrons. The van der Waals surface area contributed by atoms with Crippen LogP contribution in [-0.4, -0.2) is 23.3 Å². The van der Waals surface area contributed by atoms with Crippen LogP contribution in [0, 0.1) is 17.6 Å². The van der Waals surface area contributed by atoms with Gasteiger partial charge >= 0.3 is 0 Å². The van der Waals surface area contributed by atoms with Crippen LogP contribution in [0.5, 0.6) is 0 Å². The highest BCUT2D eigenvalue weighted by molar-refractivity contribution is 7.13. The van der Waals surface area contributed by atoms with Gasteiger partial charge in [0.2, 0.25) is 11.8 Å². The molecule has 2 heterocycles. The molecule has 1 aromatic heterocycles. The summed E-state index contributed by atoms with van der Waals surface area (Å²) in [5.41, 5.74) is 1.53. The van der Waals surface area contributed by atoms with Crippen molar-refractivity contribution in [1.29, 1.82) is 0 Å². The molecule has 8 heteroatoms. The Bertz CT molecular complexity index is 1020. The Morgan fingerprint density at radius 3 is 2.64 bits per heavy atom. The minimum atomic E-state index is -0.827. The minimum Gasteiger partial charge on any atom is -0.326 e. The van der Waals surface area contributed by atoms with Crippen molar-refractivity contribution < 1.29 is 18.4 Å². The Hall–Kier alpha value is -3.13. The first kappa shape index (κ1) is 18.2. The molecule has 1 atom stereocenters. The molecular formula is C20H15F2N3O2S. The molecule has 1 unspecified atom stereocenters. The first-order chi connectivity index (χ1) is 13.5. The number of nitrogens with one attached hydrogen (secondary N) is 1. The zero-order valence-electron chi connectivity index (χ0n) is 14.6.